The van der Waals surface area contributed by atoms with Crippen LogP contribution in [0.25, 0.3) is 0 Å². The molecule has 7 heteroatoms. The molecular weight excluding hydrogens is 348 g/mol. The number of furan rings is 2. The summed E-state index contributed by atoms with van der Waals surface area (Å²) >= 11 is 0. The van der Waals surface area contributed by atoms with Crippen LogP contribution in [-0.4, -0.2) is 22.5 Å². The third kappa shape index (κ3) is 4.31. The molecule has 3 rings (SSSR count). The molecule has 1 N–H and O–H groups in total. The van der Waals surface area contributed by atoms with Gasteiger partial charge in [0.25, 0.3) is 5.91 Å². The summed E-state index contributed by atoms with van der Waals surface area (Å²) in [7, 11) is 0. The van der Waals surface area contributed by atoms with Gasteiger partial charge in [0.05, 0.1) is 31.2 Å². The summed E-state index contributed by atoms with van der Waals surface area (Å²) in [5.41, 5.74) is 2.10. The lowest BCUT2D eigenvalue weighted by Gasteiger charge is -2.13. The quantitative estimate of drug-likeness (QED) is 0.646. The van der Waals surface area contributed by atoms with Crippen LogP contribution < -0.4 is 5.32 Å². The van der Waals surface area contributed by atoms with Gasteiger partial charge in [-0.05, 0) is 51.1 Å². The lowest BCUT2D eigenvalue weighted by atomic mass is 10.2. The molecule has 3 aromatic rings. The van der Waals surface area contributed by atoms with Crippen molar-refractivity contribution in [3.8, 4) is 0 Å². The molecule has 27 heavy (non-hydrogen) atoms. The van der Waals surface area contributed by atoms with Gasteiger partial charge in [0.2, 0.25) is 0 Å². The van der Waals surface area contributed by atoms with Crippen LogP contribution in [0.5, 0.6) is 0 Å². The van der Waals surface area contributed by atoms with Crippen molar-refractivity contribution in [2.24, 2.45) is 0 Å². The number of esters is 1. The zero-order valence-electron chi connectivity index (χ0n) is 15.5. The molecule has 0 aliphatic rings. The van der Waals surface area contributed by atoms with E-state index in [0.717, 1.165) is 17.1 Å². The smallest absolute Gasteiger partial charge is 0.340 e. The Hall–Kier alpha value is -3.22. The van der Waals surface area contributed by atoms with Crippen LogP contribution >= 0.6 is 0 Å². The Balaban J connectivity index is 1.62. The third-order valence-corrected chi connectivity index (χ3v) is 4.36. The molecule has 0 radical (unpaired) electrons. The fourth-order valence-corrected chi connectivity index (χ4v) is 2.82. The second kappa shape index (κ2) is 7.99. The fourth-order valence-electron chi connectivity index (χ4n) is 2.82. The number of nitrogens with zero attached hydrogens (tertiary/aromatic N) is 1. The van der Waals surface area contributed by atoms with Crippen molar-refractivity contribution in [3.05, 3.63) is 71.3 Å². The number of carbonyl (C=O) groups excluding carboxylic acids is 2. The predicted molar refractivity (Wildman–Crippen MR) is 97.1 cm³/mol. The Morgan fingerprint density at radius 2 is 1.81 bits per heavy atom. The summed E-state index contributed by atoms with van der Waals surface area (Å²) in [6.07, 6.45) is 2.23. The zero-order chi connectivity index (χ0) is 19.4. The minimum Gasteiger partial charge on any atom is -0.467 e. The Bertz CT molecular complexity index is 907. The molecule has 0 bridgehead atoms. The topological polar surface area (TPSA) is 86.6 Å². The largest absolute Gasteiger partial charge is 0.467 e. The highest BCUT2D eigenvalue weighted by molar-refractivity contribution is 5.93. The van der Waals surface area contributed by atoms with Crippen LogP contribution in [0.3, 0.4) is 0 Å². The molecule has 1 amide bonds. The van der Waals surface area contributed by atoms with E-state index in [1.807, 2.05) is 30.5 Å². The normalized spacial score (nSPS) is 12.0. The van der Waals surface area contributed by atoms with Crippen LogP contribution in [0, 0.1) is 13.8 Å². The molecule has 0 fully saturated rings. The highest BCUT2D eigenvalue weighted by Gasteiger charge is 2.23. The van der Waals surface area contributed by atoms with Gasteiger partial charge in [-0.15, -0.1) is 0 Å². The minimum atomic E-state index is -0.916. The summed E-state index contributed by atoms with van der Waals surface area (Å²) in [6, 6.07) is 8.95. The number of rotatable bonds is 7. The molecule has 7 nitrogen and oxygen atoms in total. The second-order valence-corrected chi connectivity index (χ2v) is 6.30. The van der Waals surface area contributed by atoms with Crippen molar-refractivity contribution >= 4 is 11.9 Å². The van der Waals surface area contributed by atoms with Crippen LogP contribution in [0.2, 0.25) is 0 Å². The first-order valence-electron chi connectivity index (χ1n) is 8.66. The van der Waals surface area contributed by atoms with E-state index in [4.69, 9.17) is 13.6 Å². The number of ether oxygens (including phenoxy) is 1. The summed E-state index contributed by atoms with van der Waals surface area (Å²) < 4.78 is 17.8. The monoisotopic (exact) mass is 370 g/mol. The molecule has 3 aromatic heterocycles. The number of nitrogens with one attached hydrogen (secondary N) is 1. The molecule has 0 aliphatic heterocycles. The number of hydrogen-bond donors (Lipinski definition) is 1. The summed E-state index contributed by atoms with van der Waals surface area (Å²) in [5.74, 6) is 0.504. The second-order valence-electron chi connectivity index (χ2n) is 6.30. The molecule has 142 valence electrons. The van der Waals surface area contributed by atoms with E-state index in [1.54, 1.807) is 24.5 Å². The van der Waals surface area contributed by atoms with E-state index in [1.165, 1.54) is 13.2 Å². The predicted octanol–water partition coefficient (Wildman–Crippen LogP) is 3.20. The lowest BCUT2D eigenvalue weighted by Crippen LogP contribution is -2.35. The maximum absolute atomic E-state index is 12.5. The lowest BCUT2D eigenvalue weighted by molar-refractivity contribution is -0.129. The van der Waals surface area contributed by atoms with Crippen molar-refractivity contribution < 1.29 is 23.2 Å². The molecule has 0 aromatic carbocycles. The zero-order valence-corrected chi connectivity index (χ0v) is 15.5. The van der Waals surface area contributed by atoms with Crippen LogP contribution in [-0.2, 0) is 22.6 Å². The molecule has 0 unspecified atom stereocenters. The number of carbonyl (C=O) groups is 2. The minimum absolute atomic E-state index is 0.241. The average Bonchev–Trinajstić information content (AvgIpc) is 3.38. The summed E-state index contributed by atoms with van der Waals surface area (Å²) in [6.45, 7) is 6.06. The molecular formula is C20H22N2O5. The Kier molecular flexibility index (Phi) is 5.49. The number of aromatic nitrogens is 1. The molecule has 0 saturated carbocycles. The van der Waals surface area contributed by atoms with Gasteiger partial charge in [-0.25, -0.2) is 4.79 Å². The van der Waals surface area contributed by atoms with Crippen molar-refractivity contribution in [2.75, 3.05) is 0 Å². The van der Waals surface area contributed by atoms with Crippen molar-refractivity contribution in [1.29, 1.82) is 0 Å². The highest BCUT2D eigenvalue weighted by Crippen LogP contribution is 2.19. The van der Waals surface area contributed by atoms with Gasteiger partial charge in [0.1, 0.15) is 11.5 Å². The molecule has 3 heterocycles. The van der Waals surface area contributed by atoms with E-state index >= 15 is 0 Å². The first-order chi connectivity index (χ1) is 13.0. The third-order valence-electron chi connectivity index (χ3n) is 4.36. The van der Waals surface area contributed by atoms with Crippen molar-refractivity contribution in [1.82, 2.24) is 9.88 Å². The van der Waals surface area contributed by atoms with E-state index in [-0.39, 0.29) is 12.5 Å². The van der Waals surface area contributed by atoms with Gasteiger partial charge in [0, 0.05) is 11.4 Å². The van der Waals surface area contributed by atoms with E-state index in [0.29, 0.717) is 17.9 Å². The summed E-state index contributed by atoms with van der Waals surface area (Å²) in [5, 5.41) is 2.68. The van der Waals surface area contributed by atoms with Gasteiger partial charge < -0.3 is 23.5 Å². The Labute approximate surface area is 156 Å². The van der Waals surface area contributed by atoms with Crippen molar-refractivity contribution in [3.63, 3.8) is 0 Å². The maximum Gasteiger partial charge on any atom is 0.340 e. The van der Waals surface area contributed by atoms with E-state index < -0.39 is 12.1 Å². The first-order valence-corrected chi connectivity index (χ1v) is 8.66. The number of hydrogen-bond acceptors (Lipinski definition) is 5. The van der Waals surface area contributed by atoms with Gasteiger partial charge in [-0.1, -0.05) is 0 Å². The van der Waals surface area contributed by atoms with Crippen LogP contribution in [0.4, 0.5) is 0 Å². The van der Waals surface area contributed by atoms with E-state index in [2.05, 4.69) is 5.32 Å². The van der Waals surface area contributed by atoms with Crippen LogP contribution in [0.1, 0.15) is 40.2 Å². The molecule has 0 saturated heterocycles. The average molecular weight is 370 g/mol. The molecule has 0 aliphatic carbocycles. The standard InChI is InChI=1S/C20H22N2O5/c1-13-10-18(14(2)22(13)12-17-7-5-9-26-17)20(24)27-15(3)19(23)21-11-16-6-4-8-25-16/h4-10,15H,11-12H2,1-3H3,(H,21,23)/t15-/m0/s1. The van der Waals surface area contributed by atoms with Crippen molar-refractivity contribution in [2.45, 2.75) is 40.0 Å². The SMILES string of the molecule is Cc1cc(C(=O)O[C@@H](C)C(=O)NCc2ccco2)c(C)n1Cc1ccco1. The van der Waals surface area contributed by atoms with Gasteiger partial charge in [-0.2, -0.15) is 0 Å². The van der Waals surface area contributed by atoms with Gasteiger partial charge >= 0.3 is 5.97 Å². The first kappa shape index (κ1) is 18.6. The number of aryl methyl sites for hydroxylation is 1. The fraction of sp³-hybridized carbons (Fsp3) is 0.300. The number of amides is 1. The van der Waals surface area contributed by atoms with Crippen LogP contribution in [0.15, 0.2) is 51.7 Å². The summed E-state index contributed by atoms with van der Waals surface area (Å²) in [4.78, 5) is 24.6. The highest BCUT2D eigenvalue weighted by atomic mass is 16.5. The van der Waals surface area contributed by atoms with E-state index in [9.17, 15) is 9.59 Å². The Morgan fingerprint density at radius 1 is 1.15 bits per heavy atom. The molecule has 0 spiro atoms. The van der Waals surface area contributed by atoms with Gasteiger partial charge in [0.15, 0.2) is 6.10 Å². The molecule has 1 atom stereocenters. The Morgan fingerprint density at radius 3 is 2.44 bits per heavy atom. The maximum atomic E-state index is 12.5. The van der Waals surface area contributed by atoms with Gasteiger partial charge in [-0.3, -0.25) is 4.79 Å².